The summed E-state index contributed by atoms with van der Waals surface area (Å²) < 4.78 is 5.45. The monoisotopic (exact) mass is 417 g/mol. The number of nitrogens with one attached hydrogen (secondary N) is 1. The molecule has 3 aromatic rings. The van der Waals surface area contributed by atoms with E-state index < -0.39 is 0 Å². The first-order valence-electron chi connectivity index (χ1n) is 10.8. The summed E-state index contributed by atoms with van der Waals surface area (Å²) in [6, 6.07) is 5.75. The van der Waals surface area contributed by atoms with Crippen molar-refractivity contribution in [3.63, 3.8) is 0 Å². The third-order valence-electron chi connectivity index (χ3n) is 5.69. The van der Waals surface area contributed by atoms with Crippen molar-refractivity contribution in [2.45, 2.75) is 25.7 Å². The van der Waals surface area contributed by atoms with Gasteiger partial charge in [0, 0.05) is 44.7 Å². The summed E-state index contributed by atoms with van der Waals surface area (Å²) in [4.78, 5) is 19.0. The number of H-pyrrole nitrogens is 1. The van der Waals surface area contributed by atoms with E-state index in [4.69, 9.17) is 19.4 Å². The van der Waals surface area contributed by atoms with E-state index in [0.717, 1.165) is 80.2 Å². The Morgan fingerprint density at radius 2 is 1.87 bits per heavy atom. The Balaban J connectivity index is 1.41. The number of aromatic amines is 1. The quantitative estimate of drug-likeness (QED) is 0.660. The lowest BCUT2D eigenvalue weighted by Crippen LogP contribution is -2.45. The molecule has 1 saturated heterocycles. The van der Waals surface area contributed by atoms with E-state index in [1.165, 1.54) is 5.57 Å². The molecule has 3 aromatic heterocycles. The highest BCUT2D eigenvalue weighted by Gasteiger charge is 2.19. The van der Waals surface area contributed by atoms with E-state index in [1.807, 2.05) is 18.2 Å². The fourth-order valence-corrected chi connectivity index (χ4v) is 3.92. The molecule has 1 aliphatic carbocycles. The topological polar surface area (TPSA) is 87.0 Å². The van der Waals surface area contributed by atoms with Gasteiger partial charge in [-0.05, 0) is 43.7 Å². The lowest BCUT2D eigenvalue weighted by Gasteiger charge is -2.32. The molecule has 1 N–H and O–H groups in total. The maximum atomic E-state index is 5.45. The molecular formula is C23H27N7O. The van der Waals surface area contributed by atoms with E-state index in [-0.39, 0.29) is 0 Å². The van der Waals surface area contributed by atoms with E-state index in [9.17, 15) is 0 Å². The lowest BCUT2D eigenvalue weighted by atomic mass is 10.0. The minimum atomic E-state index is 0.568. The van der Waals surface area contributed by atoms with Crippen LogP contribution in [0.5, 0.6) is 0 Å². The highest BCUT2D eigenvalue weighted by molar-refractivity contribution is 5.52. The molecule has 4 heterocycles. The largest absolute Gasteiger partial charge is 0.463 e. The Kier molecular flexibility index (Phi) is 5.62. The summed E-state index contributed by atoms with van der Waals surface area (Å²) in [5.74, 6) is 3.10. The van der Waals surface area contributed by atoms with Crippen LogP contribution in [0.4, 0.5) is 5.95 Å². The zero-order valence-corrected chi connectivity index (χ0v) is 17.8. The number of nitrogens with zero attached hydrogens (tertiary/aromatic N) is 6. The van der Waals surface area contributed by atoms with Crippen LogP contribution in [0.1, 0.15) is 30.2 Å². The number of hydrogen-bond acceptors (Lipinski definition) is 7. The number of rotatable bonds is 6. The van der Waals surface area contributed by atoms with Crippen molar-refractivity contribution in [1.29, 1.82) is 0 Å². The Hall–Kier alpha value is -3.26. The predicted molar refractivity (Wildman–Crippen MR) is 119 cm³/mol. The fraction of sp³-hybridized carbons (Fsp3) is 0.391. The van der Waals surface area contributed by atoms with Crippen LogP contribution in [0.25, 0.3) is 11.5 Å². The molecule has 1 fully saturated rings. The summed E-state index contributed by atoms with van der Waals surface area (Å²) in [5, 5.41) is 7.46. The van der Waals surface area contributed by atoms with E-state index in [0.29, 0.717) is 6.42 Å². The third kappa shape index (κ3) is 4.74. The van der Waals surface area contributed by atoms with Gasteiger partial charge in [-0.3, -0.25) is 5.10 Å². The minimum Gasteiger partial charge on any atom is -0.463 e. The zero-order chi connectivity index (χ0) is 21.0. The van der Waals surface area contributed by atoms with Gasteiger partial charge in [-0.1, -0.05) is 18.2 Å². The van der Waals surface area contributed by atoms with Gasteiger partial charge in [0.2, 0.25) is 5.95 Å². The second kappa shape index (κ2) is 8.85. The van der Waals surface area contributed by atoms with Crippen LogP contribution in [0.3, 0.4) is 0 Å². The van der Waals surface area contributed by atoms with Gasteiger partial charge in [-0.25, -0.2) is 4.98 Å². The molecule has 0 spiro atoms. The average molecular weight is 418 g/mol. The predicted octanol–water partition coefficient (Wildman–Crippen LogP) is 3.02. The van der Waals surface area contributed by atoms with Crippen LogP contribution in [-0.4, -0.2) is 63.3 Å². The fourth-order valence-electron chi connectivity index (χ4n) is 3.92. The van der Waals surface area contributed by atoms with Crippen molar-refractivity contribution >= 4 is 5.95 Å². The van der Waals surface area contributed by atoms with Crippen LogP contribution in [0.2, 0.25) is 0 Å². The van der Waals surface area contributed by atoms with Crippen molar-refractivity contribution < 1.29 is 4.42 Å². The number of piperazine rings is 1. The SMILES string of the molecule is CN1CCN(c2nc(CC3=CCCC=C3)nc(Cc3cc(-c4ccco4)n[nH]3)n2)CC1. The third-order valence-corrected chi connectivity index (χ3v) is 5.69. The van der Waals surface area contributed by atoms with E-state index in [2.05, 4.69) is 45.3 Å². The van der Waals surface area contributed by atoms with Gasteiger partial charge >= 0.3 is 0 Å². The van der Waals surface area contributed by atoms with Crippen molar-refractivity contribution in [3.8, 4) is 11.5 Å². The highest BCUT2D eigenvalue weighted by atomic mass is 16.3. The van der Waals surface area contributed by atoms with Crippen molar-refractivity contribution in [2.75, 3.05) is 38.1 Å². The number of hydrogen-bond donors (Lipinski definition) is 1. The summed E-state index contributed by atoms with van der Waals surface area (Å²) in [6.45, 7) is 3.87. The Labute approximate surface area is 181 Å². The van der Waals surface area contributed by atoms with Crippen molar-refractivity contribution in [3.05, 3.63) is 65.6 Å². The van der Waals surface area contributed by atoms with Crippen molar-refractivity contribution in [2.24, 2.45) is 0 Å². The van der Waals surface area contributed by atoms with Gasteiger partial charge in [0.05, 0.1) is 6.26 Å². The molecule has 0 saturated carbocycles. The molecule has 8 heteroatoms. The summed E-state index contributed by atoms with van der Waals surface area (Å²) >= 11 is 0. The standard InChI is InChI=1S/C23H27N7O/c1-29-9-11-30(12-10-29)23-25-21(14-17-6-3-2-4-7-17)24-22(26-23)16-18-15-19(28-27-18)20-8-5-13-31-20/h3,5-8,13,15H,2,4,9-12,14,16H2,1H3,(H,27,28). The van der Waals surface area contributed by atoms with Gasteiger partial charge in [-0.2, -0.15) is 15.1 Å². The second-order valence-electron chi connectivity index (χ2n) is 8.13. The molecule has 31 heavy (non-hydrogen) atoms. The molecule has 0 amide bonds. The molecular weight excluding hydrogens is 390 g/mol. The maximum absolute atomic E-state index is 5.45. The van der Waals surface area contributed by atoms with Crippen LogP contribution >= 0.6 is 0 Å². The molecule has 0 atom stereocenters. The molecule has 1 aliphatic heterocycles. The van der Waals surface area contributed by atoms with Crippen LogP contribution in [0.15, 0.2) is 52.7 Å². The van der Waals surface area contributed by atoms with Crippen LogP contribution < -0.4 is 4.90 Å². The number of likely N-dealkylation sites (N-methyl/N-ethyl adjacent to an activating group) is 1. The summed E-state index contributed by atoms with van der Waals surface area (Å²) in [5.41, 5.74) is 3.00. The molecule has 0 aromatic carbocycles. The lowest BCUT2D eigenvalue weighted by molar-refractivity contribution is 0.311. The minimum absolute atomic E-state index is 0.568. The Morgan fingerprint density at radius 1 is 1.03 bits per heavy atom. The van der Waals surface area contributed by atoms with E-state index >= 15 is 0 Å². The number of anilines is 1. The molecule has 5 rings (SSSR count). The van der Waals surface area contributed by atoms with Gasteiger partial charge in [0.25, 0.3) is 0 Å². The van der Waals surface area contributed by atoms with Gasteiger partial charge in [0.1, 0.15) is 17.3 Å². The average Bonchev–Trinajstić information content (AvgIpc) is 3.47. The highest BCUT2D eigenvalue weighted by Crippen LogP contribution is 2.20. The molecule has 0 radical (unpaired) electrons. The van der Waals surface area contributed by atoms with E-state index in [1.54, 1.807) is 6.26 Å². The van der Waals surface area contributed by atoms with Gasteiger partial charge < -0.3 is 14.2 Å². The number of allylic oxidation sites excluding steroid dienone is 4. The van der Waals surface area contributed by atoms with Crippen LogP contribution in [0, 0.1) is 0 Å². The van der Waals surface area contributed by atoms with Crippen molar-refractivity contribution in [1.82, 2.24) is 30.0 Å². The summed E-state index contributed by atoms with van der Waals surface area (Å²) in [6.07, 6.45) is 11.8. The molecule has 160 valence electrons. The smallest absolute Gasteiger partial charge is 0.228 e. The second-order valence-corrected chi connectivity index (χ2v) is 8.13. The first-order valence-corrected chi connectivity index (χ1v) is 10.8. The Bertz CT molecular complexity index is 1080. The molecule has 2 aliphatic rings. The number of furan rings is 1. The zero-order valence-electron chi connectivity index (χ0n) is 17.8. The molecule has 8 nitrogen and oxygen atoms in total. The summed E-state index contributed by atoms with van der Waals surface area (Å²) in [7, 11) is 2.15. The molecule has 0 unspecified atom stereocenters. The van der Waals surface area contributed by atoms with Gasteiger partial charge in [0.15, 0.2) is 5.76 Å². The normalized spacial score (nSPS) is 17.2. The van der Waals surface area contributed by atoms with Gasteiger partial charge in [-0.15, -0.1) is 0 Å². The number of aromatic nitrogens is 5. The Morgan fingerprint density at radius 3 is 2.61 bits per heavy atom. The molecule has 0 bridgehead atoms. The maximum Gasteiger partial charge on any atom is 0.228 e. The first kappa shape index (κ1) is 19.7. The first-order chi connectivity index (χ1) is 15.2. The van der Waals surface area contributed by atoms with Crippen LogP contribution in [-0.2, 0) is 12.8 Å².